The molecule has 0 bridgehead atoms. The molecule has 1 N–H and O–H groups in total. The van der Waals surface area contributed by atoms with Crippen LogP contribution < -0.4 is 0 Å². The van der Waals surface area contributed by atoms with E-state index in [0.29, 0.717) is 11.5 Å². The van der Waals surface area contributed by atoms with E-state index in [4.69, 9.17) is 4.42 Å². The summed E-state index contributed by atoms with van der Waals surface area (Å²) < 4.78 is 6.66. The van der Waals surface area contributed by atoms with Crippen LogP contribution in [0.1, 0.15) is 17.6 Å². The Morgan fingerprint density at radius 3 is 2.67 bits per heavy atom. The van der Waals surface area contributed by atoms with Gasteiger partial charge in [0.1, 0.15) is 0 Å². The number of nitrogens with zero attached hydrogens (tertiary/aromatic N) is 1. The van der Waals surface area contributed by atoms with Crippen molar-refractivity contribution in [3.63, 3.8) is 0 Å². The van der Waals surface area contributed by atoms with E-state index in [9.17, 15) is 5.11 Å². The topological polar surface area (TPSA) is 46.3 Å². The van der Waals surface area contributed by atoms with E-state index < -0.39 is 6.10 Å². The fourth-order valence-corrected chi connectivity index (χ4v) is 2.11. The van der Waals surface area contributed by atoms with Crippen LogP contribution in [0, 0.1) is 0 Å². The van der Waals surface area contributed by atoms with Crippen LogP contribution in [0.4, 0.5) is 0 Å². The van der Waals surface area contributed by atoms with E-state index in [0.717, 1.165) is 8.95 Å². The van der Waals surface area contributed by atoms with Gasteiger partial charge < -0.3 is 9.52 Å². The Hall–Kier alpha value is -0.650. The number of aliphatic hydroxyl groups is 1. The van der Waals surface area contributed by atoms with E-state index in [1.807, 2.05) is 6.07 Å². The maximum Gasteiger partial charge on any atom is 0.156 e. The van der Waals surface area contributed by atoms with Gasteiger partial charge in [-0.05, 0) is 50.1 Å². The summed E-state index contributed by atoms with van der Waals surface area (Å²) >= 11 is 6.62. The Labute approximate surface area is 103 Å². The molecule has 78 valence electrons. The predicted octanol–water partition coefficient (Wildman–Crippen LogP) is 3.28. The molecule has 2 aromatic heterocycles. The first-order chi connectivity index (χ1) is 7.20. The maximum atomic E-state index is 10.0. The zero-order valence-corrected chi connectivity index (χ0v) is 10.7. The lowest BCUT2D eigenvalue weighted by molar-refractivity contribution is 0.183. The molecule has 0 radical (unpaired) electrons. The molecular formula is C10H7Br2NO2. The Morgan fingerprint density at radius 2 is 2.07 bits per heavy atom. The predicted molar refractivity (Wildman–Crippen MR) is 62.4 cm³/mol. The van der Waals surface area contributed by atoms with Gasteiger partial charge in [-0.15, -0.1) is 0 Å². The summed E-state index contributed by atoms with van der Waals surface area (Å²) in [5.41, 5.74) is 0.535. The van der Waals surface area contributed by atoms with E-state index in [1.54, 1.807) is 18.3 Å². The van der Waals surface area contributed by atoms with Crippen LogP contribution in [-0.4, -0.2) is 10.1 Å². The number of aliphatic hydroxyl groups excluding tert-OH is 1. The molecule has 0 fully saturated rings. The first-order valence-electron chi connectivity index (χ1n) is 4.21. The van der Waals surface area contributed by atoms with Gasteiger partial charge in [0.05, 0.1) is 16.4 Å². The van der Waals surface area contributed by atoms with Gasteiger partial charge in [0.2, 0.25) is 0 Å². The van der Waals surface area contributed by atoms with Crippen molar-refractivity contribution in [3.05, 3.63) is 51.1 Å². The normalized spacial score (nSPS) is 12.7. The van der Waals surface area contributed by atoms with Gasteiger partial charge in [-0.3, -0.25) is 4.98 Å². The summed E-state index contributed by atoms with van der Waals surface area (Å²) in [4.78, 5) is 4.10. The van der Waals surface area contributed by atoms with E-state index in [-0.39, 0.29) is 0 Å². The zero-order valence-electron chi connectivity index (χ0n) is 7.52. The Bertz CT molecular complexity index is 470. The number of aromatic nitrogens is 1. The van der Waals surface area contributed by atoms with E-state index >= 15 is 0 Å². The minimum Gasteiger partial charge on any atom is -0.465 e. The van der Waals surface area contributed by atoms with Gasteiger partial charge in [-0.2, -0.15) is 0 Å². The second-order valence-corrected chi connectivity index (χ2v) is 4.61. The molecule has 3 nitrogen and oxygen atoms in total. The number of hydrogen-bond acceptors (Lipinski definition) is 3. The Balaban J connectivity index is 2.41. The molecule has 0 aliphatic rings. The third-order valence-corrected chi connectivity index (χ3v) is 3.26. The number of rotatable bonds is 2. The molecule has 0 aliphatic heterocycles. The molecule has 5 heteroatoms. The molecule has 0 saturated heterocycles. The summed E-state index contributed by atoms with van der Waals surface area (Å²) in [5.74, 6) is 0.453. The molecule has 0 aliphatic carbocycles. The van der Waals surface area contributed by atoms with Crippen LogP contribution in [0.15, 0.2) is 44.0 Å². The van der Waals surface area contributed by atoms with Crippen molar-refractivity contribution in [2.24, 2.45) is 0 Å². The second-order valence-electron chi connectivity index (χ2n) is 2.91. The Kier molecular flexibility index (Phi) is 3.23. The number of furan rings is 1. The summed E-state index contributed by atoms with van der Waals surface area (Å²) in [6.45, 7) is 0. The summed E-state index contributed by atoms with van der Waals surface area (Å²) in [6, 6.07) is 5.34. The largest absolute Gasteiger partial charge is 0.465 e. The standard InChI is InChI=1S/C10H7Br2NO2/c11-6-2-1-4-13-8(6)9(14)10-7(12)3-5-15-10/h1-5,9,14H. The highest BCUT2D eigenvalue weighted by atomic mass is 79.9. The van der Waals surface area contributed by atoms with Gasteiger partial charge in [0.25, 0.3) is 0 Å². The maximum absolute atomic E-state index is 10.0. The average Bonchev–Trinajstić information content (AvgIpc) is 2.64. The lowest BCUT2D eigenvalue weighted by Crippen LogP contribution is -2.02. The minimum atomic E-state index is -0.870. The molecule has 2 heterocycles. The van der Waals surface area contributed by atoms with Gasteiger partial charge >= 0.3 is 0 Å². The lowest BCUT2D eigenvalue weighted by Gasteiger charge is -2.09. The van der Waals surface area contributed by atoms with Crippen LogP contribution >= 0.6 is 31.9 Å². The van der Waals surface area contributed by atoms with Gasteiger partial charge in [0, 0.05) is 10.7 Å². The minimum absolute atomic E-state index is 0.453. The van der Waals surface area contributed by atoms with Crippen LogP contribution in [0.2, 0.25) is 0 Å². The average molecular weight is 333 g/mol. The van der Waals surface area contributed by atoms with Gasteiger partial charge in [0.15, 0.2) is 11.9 Å². The summed E-state index contributed by atoms with van der Waals surface area (Å²) in [5, 5.41) is 10.0. The quantitative estimate of drug-likeness (QED) is 0.918. The SMILES string of the molecule is OC(c1ncccc1Br)c1occc1Br. The van der Waals surface area contributed by atoms with Crippen molar-refractivity contribution in [1.29, 1.82) is 0 Å². The molecule has 1 unspecified atom stereocenters. The van der Waals surface area contributed by atoms with Gasteiger partial charge in [-0.25, -0.2) is 0 Å². The molecule has 0 spiro atoms. The van der Waals surface area contributed by atoms with Gasteiger partial charge in [-0.1, -0.05) is 0 Å². The van der Waals surface area contributed by atoms with Crippen LogP contribution in [0.25, 0.3) is 0 Å². The number of halogens is 2. The zero-order chi connectivity index (χ0) is 10.8. The van der Waals surface area contributed by atoms with Crippen molar-refractivity contribution >= 4 is 31.9 Å². The van der Waals surface area contributed by atoms with Crippen molar-refractivity contribution < 1.29 is 9.52 Å². The summed E-state index contributed by atoms with van der Waals surface area (Å²) in [6.07, 6.45) is 2.27. The Morgan fingerprint density at radius 1 is 1.27 bits per heavy atom. The van der Waals surface area contributed by atoms with Crippen molar-refractivity contribution in [2.75, 3.05) is 0 Å². The molecule has 0 aromatic carbocycles. The van der Waals surface area contributed by atoms with Crippen molar-refractivity contribution in [2.45, 2.75) is 6.10 Å². The van der Waals surface area contributed by atoms with E-state index in [2.05, 4.69) is 36.8 Å². The first-order valence-corrected chi connectivity index (χ1v) is 5.80. The number of pyridine rings is 1. The van der Waals surface area contributed by atoms with Crippen LogP contribution in [0.5, 0.6) is 0 Å². The van der Waals surface area contributed by atoms with Crippen molar-refractivity contribution in [1.82, 2.24) is 4.98 Å². The van der Waals surface area contributed by atoms with Crippen molar-refractivity contribution in [3.8, 4) is 0 Å². The molecule has 15 heavy (non-hydrogen) atoms. The fraction of sp³-hybridized carbons (Fsp3) is 0.100. The fourth-order valence-electron chi connectivity index (χ4n) is 1.22. The molecule has 2 aromatic rings. The first kappa shape index (κ1) is 10.9. The van der Waals surface area contributed by atoms with E-state index in [1.165, 1.54) is 6.26 Å². The lowest BCUT2D eigenvalue weighted by atomic mass is 10.2. The highest BCUT2D eigenvalue weighted by molar-refractivity contribution is 9.10. The second kappa shape index (κ2) is 4.47. The summed E-state index contributed by atoms with van der Waals surface area (Å²) in [7, 11) is 0. The monoisotopic (exact) mass is 331 g/mol. The highest BCUT2D eigenvalue weighted by Crippen LogP contribution is 2.31. The third kappa shape index (κ3) is 2.14. The molecule has 2 rings (SSSR count). The third-order valence-electron chi connectivity index (χ3n) is 1.94. The highest BCUT2D eigenvalue weighted by Gasteiger charge is 2.20. The van der Waals surface area contributed by atoms with Crippen LogP contribution in [0.3, 0.4) is 0 Å². The molecule has 1 atom stereocenters. The number of hydrogen-bond donors (Lipinski definition) is 1. The smallest absolute Gasteiger partial charge is 0.156 e. The van der Waals surface area contributed by atoms with Crippen LogP contribution in [-0.2, 0) is 0 Å². The molecule has 0 saturated carbocycles. The molecule has 0 amide bonds. The molecular weight excluding hydrogens is 326 g/mol.